The van der Waals surface area contributed by atoms with Crippen molar-refractivity contribution in [1.82, 2.24) is 4.98 Å². The van der Waals surface area contributed by atoms with Crippen LogP contribution in [0.5, 0.6) is 5.75 Å². The molecule has 2 aromatic rings. The molecule has 0 fully saturated rings. The molecular formula is C13H13N3OS. The van der Waals surface area contributed by atoms with E-state index < -0.39 is 0 Å². The van der Waals surface area contributed by atoms with E-state index in [4.69, 9.17) is 10.00 Å². The number of aromatic nitrogens is 1. The van der Waals surface area contributed by atoms with Crippen LogP contribution in [0.3, 0.4) is 0 Å². The standard InChI is InChI=1S/C13H13N3OS/c1-10-13(18-9-16-10)8-15-11-3-2-4-12(7-11)17-6-5-14/h2-4,7,9,15H,6,8H2,1H3. The first-order valence-corrected chi connectivity index (χ1v) is 6.40. The summed E-state index contributed by atoms with van der Waals surface area (Å²) in [5, 5.41) is 11.8. The molecule has 4 nitrogen and oxygen atoms in total. The maximum atomic E-state index is 8.46. The number of hydrogen-bond donors (Lipinski definition) is 1. The van der Waals surface area contributed by atoms with Gasteiger partial charge in [0.1, 0.15) is 11.8 Å². The first-order chi connectivity index (χ1) is 8.79. The van der Waals surface area contributed by atoms with E-state index in [1.165, 1.54) is 4.88 Å². The van der Waals surface area contributed by atoms with E-state index in [0.29, 0.717) is 5.75 Å². The van der Waals surface area contributed by atoms with Crippen LogP contribution in [0.25, 0.3) is 0 Å². The Hall–Kier alpha value is -2.06. The largest absolute Gasteiger partial charge is 0.479 e. The number of thiazole rings is 1. The second kappa shape index (κ2) is 6.03. The molecule has 0 atom stereocenters. The van der Waals surface area contributed by atoms with Gasteiger partial charge in [0, 0.05) is 16.6 Å². The maximum absolute atomic E-state index is 8.46. The van der Waals surface area contributed by atoms with Crippen molar-refractivity contribution >= 4 is 17.0 Å². The highest BCUT2D eigenvalue weighted by Crippen LogP contribution is 2.19. The molecule has 2 rings (SSSR count). The SMILES string of the molecule is Cc1ncsc1CNc1cccc(OCC#N)c1. The van der Waals surface area contributed by atoms with Gasteiger partial charge >= 0.3 is 0 Å². The molecule has 0 spiro atoms. The van der Waals surface area contributed by atoms with E-state index in [1.54, 1.807) is 11.3 Å². The normalized spacial score (nSPS) is 9.78. The zero-order valence-corrected chi connectivity index (χ0v) is 10.8. The molecule has 0 bridgehead atoms. The minimum absolute atomic E-state index is 0.0669. The van der Waals surface area contributed by atoms with E-state index in [0.717, 1.165) is 17.9 Å². The van der Waals surface area contributed by atoms with Crippen molar-refractivity contribution in [3.05, 3.63) is 40.3 Å². The van der Waals surface area contributed by atoms with Crippen molar-refractivity contribution in [2.75, 3.05) is 11.9 Å². The van der Waals surface area contributed by atoms with Crippen LogP contribution < -0.4 is 10.1 Å². The highest BCUT2D eigenvalue weighted by Gasteiger charge is 2.01. The summed E-state index contributed by atoms with van der Waals surface area (Å²) >= 11 is 1.64. The monoisotopic (exact) mass is 259 g/mol. The molecule has 0 saturated carbocycles. The number of nitriles is 1. The molecule has 92 valence electrons. The summed E-state index contributed by atoms with van der Waals surface area (Å²) in [5.74, 6) is 0.697. The maximum Gasteiger partial charge on any atom is 0.174 e. The number of aryl methyl sites for hydroxylation is 1. The van der Waals surface area contributed by atoms with Gasteiger partial charge in [-0.1, -0.05) is 6.07 Å². The summed E-state index contributed by atoms with van der Waals surface area (Å²) in [7, 11) is 0. The molecule has 0 saturated heterocycles. The van der Waals surface area contributed by atoms with Crippen molar-refractivity contribution < 1.29 is 4.74 Å². The fourth-order valence-corrected chi connectivity index (χ4v) is 2.21. The van der Waals surface area contributed by atoms with Crippen molar-refractivity contribution in [2.45, 2.75) is 13.5 Å². The summed E-state index contributed by atoms with van der Waals surface area (Å²) < 4.78 is 5.25. The van der Waals surface area contributed by atoms with E-state index in [9.17, 15) is 0 Å². The molecular weight excluding hydrogens is 246 g/mol. The number of anilines is 1. The van der Waals surface area contributed by atoms with Gasteiger partial charge in [0.15, 0.2) is 6.61 Å². The average molecular weight is 259 g/mol. The van der Waals surface area contributed by atoms with E-state index in [1.807, 2.05) is 42.8 Å². The van der Waals surface area contributed by atoms with Crippen molar-refractivity contribution in [1.29, 1.82) is 5.26 Å². The van der Waals surface area contributed by atoms with Gasteiger partial charge in [-0.25, -0.2) is 4.98 Å². The van der Waals surface area contributed by atoms with Crippen LogP contribution in [0, 0.1) is 18.3 Å². The Balaban J connectivity index is 1.97. The average Bonchev–Trinajstić information content (AvgIpc) is 2.80. The van der Waals surface area contributed by atoms with Crippen LogP contribution >= 0.6 is 11.3 Å². The van der Waals surface area contributed by atoms with Crippen LogP contribution in [0.4, 0.5) is 5.69 Å². The number of rotatable bonds is 5. The third-order valence-corrected chi connectivity index (χ3v) is 3.37. The Morgan fingerprint density at radius 2 is 2.39 bits per heavy atom. The summed E-state index contributed by atoms with van der Waals surface area (Å²) in [6.07, 6.45) is 0. The van der Waals surface area contributed by atoms with Gasteiger partial charge in [-0.3, -0.25) is 0 Å². The quantitative estimate of drug-likeness (QED) is 0.896. The second-order valence-electron chi connectivity index (χ2n) is 3.69. The van der Waals surface area contributed by atoms with Crippen molar-refractivity contribution in [3.63, 3.8) is 0 Å². The fourth-order valence-electron chi connectivity index (χ4n) is 1.49. The molecule has 1 N–H and O–H groups in total. The molecule has 1 aromatic carbocycles. The van der Waals surface area contributed by atoms with Crippen LogP contribution in [-0.2, 0) is 6.54 Å². The number of benzene rings is 1. The van der Waals surface area contributed by atoms with Crippen LogP contribution in [0.2, 0.25) is 0 Å². The van der Waals surface area contributed by atoms with Gasteiger partial charge in [-0.15, -0.1) is 11.3 Å². The van der Waals surface area contributed by atoms with Gasteiger partial charge < -0.3 is 10.1 Å². The Morgan fingerprint density at radius 3 is 3.11 bits per heavy atom. The summed E-state index contributed by atoms with van der Waals surface area (Å²) in [5.41, 5.74) is 3.88. The third-order valence-electron chi connectivity index (χ3n) is 2.44. The summed E-state index contributed by atoms with van der Waals surface area (Å²) in [6, 6.07) is 9.53. The lowest BCUT2D eigenvalue weighted by molar-refractivity contribution is 0.368. The molecule has 0 unspecified atom stereocenters. The third kappa shape index (κ3) is 3.22. The van der Waals surface area contributed by atoms with Gasteiger partial charge in [0.25, 0.3) is 0 Å². The number of nitrogens with zero attached hydrogens (tertiary/aromatic N) is 2. The molecule has 18 heavy (non-hydrogen) atoms. The molecule has 1 aromatic heterocycles. The lowest BCUT2D eigenvalue weighted by Crippen LogP contribution is -2.00. The van der Waals surface area contributed by atoms with Crippen molar-refractivity contribution in [3.8, 4) is 11.8 Å². The summed E-state index contributed by atoms with van der Waals surface area (Å²) in [6.45, 7) is 2.82. The Kier molecular flexibility index (Phi) is 4.15. The van der Waals surface area contributed by atoms with E-state index in [2.05, 4.69) is 10.3 Å². The molecule has 0 aliphatic carbocycles. The zero-order chi connectivity index (χ0) is 12.8. The van der Waals surface area contributed by atoms with Crippen molar-refractivity contribution in [2.24, 2.45) is 0 Å². The lowest BCUT2D eigenvalue weighted by Gasteiger charge is -2.07. The fraction of sp³-hybridized carbons (Fsp3) is 0.231. The Labute approximate surface area is 110 Å². The van der Waals surface area contributed by atoms with Gasteiger partial charge in [0.05, 0.1) is 17.7 Å². The molecule has 0 aliphatic rings. The van der Waals surface area contributed by atoms with Gasteiger partial charge in [-0.2, -0.15) is 5.26 Å². The van der Waals surface area contributed by atoms with Gasteiger partial charge in [0.2, 0.25) is 0 Å². The Morgan fingerprint density at radius 1 is 1.50 bits per heavy atom. The molecule has 5 heteroatoms. The zero-order valence-electron chi connectivity index (χ0n) is 10.0. The second-order valence-corrected chi connectivity index (χ2v) is 4.63. The smallest absolute Gasteiger partial charge is 0.174 e. The molecule has 1 heterocycles. The minimum atomic E-state index is 0.0669. The first kappa shape index (κ1) is 12.4. The highest BCUT2D eigenvalue weighted by atomic mass is 32.1. The van der Waals surface area contributed by atoms with Crippen LogP contribution in [0.1, 0.15) is 10.6 Å². The van der Waals surface area contributed by atoms with E-state index in [-0.39, 0.29) is 6.61 Å². The van der Waals surface area contributed by atoms with Crippen LogP contribution in [-0.4, -0.2) is 11.6 Å². The number of ether oxygens (including phenoxy) is 1. The summed E-state index contributed by atoms with van der Waals surface area (Å²) in [4.78, 5) is 5.43. The molecule has 0 radical (unpaired) electrons. The minimum Gasteiger partial charge on any atom is -0.479 e. The lowest BCUT2D eigenvalue weighted by atomic mass is 10.3. The number of hydrogen-bond acceptors (Lipinski definition) is 5. The number of nitrogens with one attached hydrogen (secondary N) is 1. The topological polar surface area (TPSA) is 57.9 Å². The predicted molar refractivity (Wildman–Crippen MR) is 71.7 cm³/mol. The predicted octanol–water partition coefficient (Wildman–Crippen LogP) is 2.97. The Bertz CT molecular complexity index is 559. The van der Waals surface area contributed by atoms with Gasteiger partial charge in [-0.05, 0) is 19.1 Å². The first-order valence-electron chi connectivity index (χ1n) is 5.52. The van der Waals surface area contributed by atoms with Crippen LogP contribution in [0.15, 0.2) is 29.8 Å². The van der Waals surface area contributed by atoms with E-state index >= 15 is 0 Å². The highest BCUT2D eigenvalue weighted by molar-refractivity contribution is 7.09. The molecule has 0 aliphatic heterocycles. The molecule has 0 amide bonds.